The van der Waals surface area contributed by atoms with Crippen LogP contribution in [0.4, 0.5) is 0 Å². The van der Waals surface area contributed by atoms with Crippen LogP contribution in [-0.4, -0.2) is 18.3 Å². The predicted octanol–water partition coefficient (Wildman–Crippen LogP) is 2.33. The van der Waals surface area contributed by atoms with Gasteiger partial charge < -0.3 is 9.84 Å². The number of aliphatic hydroxyl groups is 1. The summed E-state index contributed by atoms with van der Waals surface area (Å²) in [5.74, 6) is 0.858. The molecule has 0 aliphatic rings. The molecule has 1 aromatic rings. The van der Waals surface area contributed by atoms with Crippen molar-refractivity contribution in [3.05, 3.63) is 28.8 Å². The number of aliphatic hydroxyl groups excluding tert-OH is 1. The summed E-state index contributed by atoms with van der Waals surface area (Å²) in [5.41, 5.74) is 2.64. The third-order valence-corrected chi connectivity index (χ3v) is 2.39. The minimum Gasteiger partial charge on any atom is -0.493 e. The highest BCUT2D eigenvalue weighted by molar-refractivity contribution is 5.47. The highest BCUT2D eigenvalue weighted by Crippen LogP contribution is 2.24. The zero-order valence-electron chi connectivity index (χ0n) is 9.79. The average Bonchev–Trinajstić information content (AvgIpc) is 2.26. The minimum absolute atomic E-state index is 0.203. The van der Waals surface area contributed by atoms with Crippen LogP contribution in [0.2, 0.25) is 0 Å². The van der Waals surface area contributed by atoms with Crippen molar-refractivity contribution in [2.45, 2.75) is 26.7 Å². The molecular formula is C13H17NO2. The summed E-state index contributed by atoms with van der Waals surface area (Å²) in [4.78, 5) is 0. The second-order valence-electron chi connectivity index (χ2n) is 3.83. The Bertz CT molecular complexity index is 370. The van der Waals surface area contributed by atoms with Gasteiger partial charge in [0, 0.05) is 6.61 Å². The summed E-state index contributed by atoms with van der Waals surface area (Å²) < 4.78 is 5.65. The Kier molecular flexibility index (Phi) is 4.81. The van der Waals surface area contributed by atoms with E-state index < -0.39 is 0 Å². The number of nitrogens with zero attached hydrogens (tertiary/aromatic N) is 1. The summed E-state index contributed by atoms with van der Waals surface area (Å²) in [6.45, 7) is 4.69. The molecule has 0 radical (unpaired) electrons. The summed E-state index contributed by atoms with van der Waals surface area (Å²) in [6.07, 6.45) is 1.60. The average molecular weight is 219 g/mol. The number of hydrogen-bond acceptors (Lipinski definition) is 3. The van der Waals surface area contributed by atoms with E-state index in [1.807, 2.05) is 26.0 Å². The van der Waals surface area contributed by atoms with Crippen molar-refractivity contribution in [2.75, 3.05) is 13.2 Å². The van der Waals surface area contributed by atoms with Crippen LogP contribution in [-0.2, 0) is 0 Å². The summed E-state index contributed by atoms with van der Waals surface area (Å²) in [7, 11) is 0. The molecule has 86 valence electrons. The Morgan fingerprint density at radius 1 is 1.25 bits per heavy atom. The molecule has 0 aromatic heterocycles. The molecule has 0 atom stereocenters. The van der Waals surface area contributed by atoms with Crippen LogP contribution in [0, 0.1) is 25.2 Å². The number of unbranched alkanes of at least 4 members (excludes halogenated alkanes) is 1. The van der Waals surface area contributed by atoms with Crippen LogP contribution in [0.25, 0.3) is 0 Å². The number of benzene rings is 1. The molecule has 3 nitrogen and oxygen atoms in total. The fraction of sp³-hybridized carbons (Fsp3) is 0.462. The second-order valence-corrected chi connectivity index (χ2v) is 3.83. The molecule has 3 heteroatoms. The van der Waals surface area contributed by atoms with E-state index in [0.29, 0.717) is 12.2 Å². The van der Waals surface area contributed by atoms with E-state index in [1.54, 1.807) is 0 Å². The van der Waals surface area contributed by atoms with Crippen molar-refractivity contribution < 1.29 is 9.84 Å². The molecule has 0 fully saturated rings. The zero-order valence-corrected chi connectivity index (χ0v) is 9.79. The Morgan fingerprint density at radius 3 is 2.38 bits per heavy atom. The first-order valence-electron chi connectivity index (χ1n) is 5.44. The maximum absolute atomic E-state index is 8.80. The van der Waals surface area contributed by atoms with Gasteiger partial charge in [-0.2, -0.15) is 5.26 Å². The highest BCUT2D eigenvalue weighted by Gasteiger charge is 2.05. The largest absolute Gasteiger partial charge is 0.493 e. The Hall–Kier alpha value is -1.53. The van der Waals surface area contributed by atoms with Crippen LogP contribution in [0.5, 0.6) is 5.75 Å². The van der Waals surface area contributed by atoms with Gasteiger partial charge in [0.25, 0.3) is 0 Å². The molecule has 0 bridgehead atoms. The monoisotopic (exact) mass is 219 g/mol. The third kappa shape index (κ3) is 3.25. The first-order valence-corrected chi connectivity index (χ1v) is 5.44. The number of aryl methyl sites for hydroxylation is 2. The number of ether oxygens (including phenoxy) is 1. The maximum atomic E-state index is 8.80. The van der Waals surface area contributed by atoms with E-state index in [4.69, 9.17) is 15.1 Å². The van der Waals surface area contributed by atoms with Crippen molar-refractivity contribution >= 4 is 0 Å². The van der Waals surface area contributed by atoms with E-state index in [1.165, 1.54) is 0 Å². The zero-order chi connectivity index (χ0) is 12.0. The Balaban J connectivity index is 2.70. The lowest BCUT2D eigenvalue weighted by atomic mass is 10.1. The highest BCUT2D eigenvalue weighted by atomic mass is 16.5. The molecule has 0 amide bonds. The lowest BCUT2D eigenvalue weighted by Gasteiger charge is -2.12. The molecule has 1 aromatic carbocycles. The molecule has 0 aliphatic heterocycles. The van der Waals surface area contributed by atoms with Gasteiger partial charge in [-0.25, -0.2) is 0 Å². The normalized spacial score (nSPS) is 9.88. The van der Waals surface area contributed by atoms with Gasteiger partial charge in [-0.15, -0.1) is 0 Å². The van der Waals surface area contributed by atoms with Crippen molar-refractivity contribution in [2.24, 2.45) is 0 Å². The fourth-order valence-electron chi connectivity index (χ4n) is 1.63. The fourth-order valence-corrected chi connectivity index (χ4v) is 1.63. The summed E-state index contributed by atoms with van der Waals surface area (Å²) in [5, 5.41) is 17.5. The van der Waals surface area contributed by atoms with Gasteiger partial charge in [0.2, 0.25) is 0 Å². The van der Waals surface area contributed by atoms with Crippen molar-refractivity contribution in [3.8, 4) is 11.8 Å². The van der Waals surface area contributed by atoms with E-state index in [2.05, 4.69) is 6.07 Å². The summed E-state index contributed by atoms with van der Waals surface area (Å²) >= 11 is 0. The second kappa shape index (κ2) is 6.14. The predicted molar refractivity (Wildman–Crippen MR) is 62.4 cm³/mol. The third-order valence-electron chi connectivity index (χ3n) is 2.39. The van der Waals surface area contributed by atoms with Gasteiger partial charge >= 0.3 is 0 Å². The molecule has 0 heterocycles. The van der Waals surface area contributed by atoms with Crippen LogP contribution in [0.1, 0.15) is 29.5 Å². The molecule has 0 unspecified atom stereocenters. The Morgan fingerprint density at radius 2 is 1.88 bits per heavy atom. The molecule has 16 heavy (non-hydrogen) atoms. The van der Waals surface area contributed by atoms with E-state index in [9.17, 15) is 0 Å². The minimum atomic E-state index is 0.203. The molecule has 0 spiro atoms. The smallest absolute Gasteiger partial charge is 0.125 e. The number of nitriles is 1. The van der Waals surface area contributed by atoms with Crippen LogP contribution >= 0.6 is 0 Å². The number of rotatable bonds is 5. The van der Waals surface area contributed by atoms with Crippen LogP contribution < -0.4 is 4.74 Å². The molecule has 0 saturated carbocycles. The van der Waals surface area contributed by atoms with Gasteiger partial charge in [-0.1, -0.05) is 0 Å². The standard InChI is InChI=1S/C13H17NO2/c1-10-7-12(9-14)8-11(2)13(10)16-6-4-3-5-15/h7-8,15H,3-6H2,1-2H3. The quantitative estimate of drug-likeness (QED) is 0.773. The van der Waals surface area contributed by atoms with Gasteiger partial charge in [-0.3, -0.25) is 0 Å². The van der Waals surface area contributed by atoms with Crippen molar-refractivity contribution in [1.82, 2.24) is 0 Å². The van der Waals surface area contributed by atoms with Gasteiger partial charge in [0.05, 0.1) is 18.2 Å². The van der Waals surface area contributed by atoms with Crippen molar-refractivity contribution in [1.29, 1.82) is 5.26 Å². The molecule has 0 saturated heterocycles. The SMILES string of the molecule is Cc1cc(C#N)cc(C)c1OCCCCO. The van der Waals surface area contributed by atoms with E-state index in [-0.39, 0.29) is 6.61 Å². The Labute approximate surface area is 96.3 Å². The molecule has 1 rings (SSSR count). The van der Waals surface area contributed by atoms with Crippen molar-refractivity contribution in [3.63, 3.8) is 0 Å². The first kappa shape index (κ1) is 12.5. The van der Waals surface area contributed by atoms with E-state index >= 15 is 0 Å². The van der Waals surface area contributed by atoms with Gasteiger partial charge in [0.1, 0.15) is 5.75 Å². The summed E-state index contributed by atoms with van der Waals surface area (Å²) in [6, 6.07) is 5.78. The molecular weight excluding hydrogens is 202 g/mol. The molecule has 1 N–H and O–H groups in total. The first-order chi connectivity index (χ1) is 7.69. The van der Waals surface area contributed by atoms with Crippen LogP contribution in [0.15, 0.2) is 12.1 Å². The van der Waals surface area contributed by atoms with Gasteiger partial charge in [0.15, 0.2) is 0 Å². The number of hydrogen-bond donors (Lipinski definition) is 1. The molecule has 0 aliphatic carbocycles. The lowest BCUT2D eigenvalue weighted by Crippen LogP contribution is -2.02. The van der Waals surface area contributed by atoms with E-state index in [0.717, 1.165) is 29.7 Å². The maximum Gasteiger partial charge on any atom is 0.125 e. The lowest BCUT2D eigenvalue weighted by molar-refractivity contribution is 0.252. The van der Waals surface area contributed by atoms with Crippen LogP contribution in [0.3, 0.4) is 0 Å². The van der Waals surface area contributed by atoms with Gasteiger partial charge in [-0.05, 0) is 49.9 Å². The topological polar surface area (TPSA) is 53.2 Å².